The second kappa shape index (κ2) is 2.29. The van der Waals surface area contributed by atoms with E-state index in [0.717, 1.165) is 0 Å². The van der Waals surface area contributed by atoms with E-state index in [9.17, 15) is 8.42 Å². The maximum absolute atomic E-state index is 11.3. The van der Waals surface area contributed by atoms with Crippen LogP contribution in [0.5, 0.6) is 0 Å². The number of nitrogens with one attached hydrogen (secondary N) is 1. The summed E-state index contributed by atoms with van der Waals surface area (Å²) in [6.07, 6.45) is -0.591. The molecule has 0 amide bonds. The third kappa shape index (κ3) is 0.945. The standard InChI is InChI=1S/C7H8N2O2S/c8-7-5-3-1-2-4-6(5)12(10,11)9-7/h1-4,7,9H,8H2. The first kappa shape index (κ1) is 7.72. The van der Waals surface area contributed by atoms with Crippen LogP contribution < -0.4 is 10.5 Å². The Labute approximate surface area is 70.4 Å². The molecule has 1 heterocycles. The summed E-state index contributed by atoms with van der Waals surface area (Å²) in [5, 5.41) is 0. The van der Waals surface area contributed by atoms with Crippen molar-refractivity contribution in [3.8, 4) is 0 Å². The molecular formula is C7H8N2O2S. The fourth-order valence-corrected chi connectivity index (χ4v) is 2.63. The lowest BCUT2D eigenvalue weighted by Gasteiger charge is -1.99. The number of hydrogen-bond donors (Lipinski definition) is 2. The van der Waals surface area contributed by atoms with Crippen LogP contribution in [-0.4, -0.2) is 8.42 Å². The summed E-state index contributed by atoms with van der Waals surface area (Å²) in [6, 6.07) is 6.69. The third-order valence-corrected chi connectivity index (χ3v) is 3.34. The number of sulfonamides is 1. The number of rotatable bonds is 0. The molecule has 1 aliphatic rings. The second-order valence-electron chi connectivity index (χ2n) is 2.64. The molecule has 1 atom stereocenters. The molecule has 0 bridgehead atoms. The Morgan fingerprint density at radius 3 is 2.67 bits per heavy atom. The Morgan fingerprint density at radius 1 is 1.33 bits per heavy atom. The highest BCUT2D eigenvalue weighted by Gasteiger charge is 2.30. The lowest BCUT2D eigenvalue weighted by atomic mass is 10.2. The quantitative estimate of drug-likeness (QED) is 0.593. The van der Waals surface area contributed by atoms with Gasteiger partial charge < -0.3 is 5.73 Å². The summed E-state index contributed by atoms with van der Waals surface area (Å²) in [6.45, 7) is 0. The van der Waals surface area contributed by atoms with Gasteiger partial charge in [-0.05, 0) is 6.07 Å². The van der Waals surface area contributed by atoms with Gasteiger partial charge in [0, 0.05) is 5.56 Å². The second-order valence-corrected chi connectivity index (χ2v) is 4.32. The molecule has 1 aliphatic heterocycles. The van der Waals surface area contributed by atoms with Crippen molar-refractivity contribution in [3.05, 3.63) is 29.8 Å². The van der Waals surface area contributed by atoms with Crippen molar-refractivity contribution in [2.75, 3.05) is 0 Å². The van der Waals surface area contributed by atoms with Gasteiger partial charge in [-0.1, -0.05) is 18.2 Å². The average molecular weight is 184 g/mol. The molecule has 5 heteroatoms. The maximum Gasteiger partial charge on any atom is 0.242 e. The summed E-state index contributed by atoms with van der Waals surface area (Å²) >= 11 is 0. The lowest BCUT2D eigenvalue weighted by molar-refractivity contribution is 0.579. The van der Waals surface area contributed by atoms with Crippen LogP contribution in [0.2, 0.25) is 0 Å². The Kier molecular flexibility index (Phi) is 1.47. The van der Waals surface area contributed by atoms with Crippen molar-refractivity contribution in [2.24, 2.45) is 5.73 Å². The van der Waals surface area contributed by atoms with E-state index in [-0.39, 0.29) is 4.90 Å². The minimum Gasteiger partial charge on any atom is -0.311 e. The van der Waals surface area contributed by atoms with Crippen molar-refractivity contribution >= 4 is 10.0 Å². The first-order valence-electron chi connectivity index (χ1n) is 3.48. The van der Waals surface area contributed by atoms with Gasteiger partial charge in [0.1, 0.15) is 0 Å². The minimum absolute atomic E-state index is 0.289. The molecule has 0 radical (unpaired) electrons. The molecule has 0 spiro atoms. The largest absolute Gasteiger partial charge is 0.311 e. The van der Waals surface area contributed by atoms with Crippen molar-refractivity contribution in [1.82, 2.24) is 4.72 Å². The molecule has 64 valence electrons. The predicted octanol–water partition coefficient (Wildman–Crippen LogP) is -0.0642. The lowest BCUT2D eigenvalue weighted by Crippen LogP contribution is -2.25. The molecule has 0 saturated carbocycles. The highest BCUT2D eigenvalue weighted by atomic mass is 32.2. The van der Waals surface area contributed by atoms with Crippen LogP contribution >= 0.6 is 0 Å². The zero-order valence-electron chi connectivity index (χ0n) is 6.19. The van der Waals surface area contributed by atoms with Gasteiger partial charge >= 0.3 is 0 Å². The van der Waals surface area contributed by atoms with E-state index in [0.29, 0.717) is 5.56 Å². The van der Waals surface area contributed by atoms with E-state index in [1.807, 2.05) is 0 Å². The molecule has 1 unspecified atom stereocenters. The molecule has 3 N–H and O–H groups in total. The van der Waals surface area contributed by atoms with Crippen LogP contribution in [0.1, 0.15) is 11.7 Å². The molecule has 1 aromatic carbocycles. The topological polar surface area (TPSA) is 72.2 Å². The molecule has 12 heavy (non-hydrogen) atoms. The van der Waals surface area contributed by atoms with Gasteiger partial charge in [-0.15, -0.1) is 0 Å². The van der Waals surface area contributed by atoms with E-state index in [1.165, 1.54) is 0 Å². The van der Waals surface area contributed by atoms with Gasteiger partial charge in [-0.2, -0.15) is 4.72 Å². The van der Waals surface area contributed by atoms with Gasteiger partial charge in [0.15, 0.2) is 0 Å². The SMILES string of the molecule is NC1NS(=O)(=O)c2ccccc21. The molecular weight excluding hydrogens is 176 g/mol. The van der Waals surface area contributed by atoms with E-state index in [2.05, 4.69) is 4.72 Å². The van der Waals surface area contributed by atoms with Crippen molar-refractivity contribution in [1.29, 1.82) is 0 Å². The number of fused-ring (bicyclic) bond motifs is 1. The Hall–Kier alpha value is -0.910. The number of nitrogens with two attached hydrogens (primary N) is 1. The predicted molar refractivity (Wildman–Crippen MR) is 43.7 cm³/mol. The normalized spacial score (nSPS) is 25.2. The molecule has 2 rings (SSSR count). The monoisotopic (exact) mass is 184 g/mol. The Bertz CT molecular complexity index is 413. The van der Waals surface area contributed by atoms with Gasteiger partial charge in [0.05, 0.1) is 11.1 Å². The molecule has 0 saturated heterocycles. The molecule has 4 nitrogen and oxygen atoms in total. The van der Waals surface area contributed by atoms with Crippen LogP contribution in [0.4, 0.5) is 0 Å². The van der Waals surface area contributed by atoms with Crippen molar-refractivity contribution < 1.29 is 8.42 Å². The van der Waals surface area contributed by atoms with Crippen molar-refractivity contribution in [3.63, 3.8) is 0 Å². The number of hydrogen-bond acceptors (Lipinski definition) is 3. The average Bonchev–Trinajstić information content (AvgIpc) is 2.25. The van der Waals surface area contributed by atoms with Gasteiger partial charge in [0.2, 0.25) is 10.0 Å². The van der Waals surface area contributed by atoms with Crippen LogP contribution in [0.25, 0.3) is 0 Å². The van der Waals surface area contributed by atoms with E-state index in [4.69, 9.17) is 5.73 Å². The van der Waals surface area contributed by atoms with E-state index in [1.54, 1.807) is 24.3 Å². The fraction of sp³-hybridized carbons (Fsp3) is 0.143. The molecule has 0 aromatic heterocycles. The van der Waals surface area contributed by atoms with Gasteiger partial charge in [0.25, 0.3) is 0 Å². The van der Waals surface area contributed by atoms with Crippen LogP contribution in [0.15, 0.2) is 29.2 Å². The first-order chi connectivity index (χ1) is 5.61. The number of benzene rings is 1. The van der Waals surface area contributed by atoms with Crippen LogP contribution in [0.3, 0.4) is 0 Å². The highest BCUT2D eigenvalue weighted by molar-refractivity contribution is 7.89. The molecule has 1 aromatic rings. The van der Waals surface area contributed by atoms with Gasteiger partial charge in [-0.25, -0.2) is 8.42 Å². The van der Waals surface area contributed by atoms with Gasteiger partial charge in [-0.3, -0.25) is 0 Å². The zero-order chi connectivity index (χ0) is 8.77. The molecule has 0 fully saturated rings. The summed E-state index contributed by atoms with van der Waals surface area (Å²) in [7, 11) is -3.33. The highest BCUT2D eigenvalue weighted by Crippen LogP contribution is 2.26. The van der Waals surface area contributed by atoms with E-state index < -0.39 is 16.2 Å². The zero-order valence-corrected chi connectivity index (χ0v) is 7.01. The smallest absolute Gasteiger partial charge is 0.242 e. The fourth-order valence-electron chi connectivity index (χ4n) is 1.28. The summed E-state index contributed by atoms with van der Waals surface area (Å²) < 4.78 is 24.9. The molecule has 0 aliphatic carbocycles. The van der Waals surface area contributed by atoms with Crippen LogP contribution in [-0.2, 0) is 10.0 Å². The summed E-state index contributed by atoms with van der Waals surface area (Å²) in [4.78, 5) is 0.289. The Morgan fingerprint density at radius 2 is 2.00 bits per heavy atom. The van der Waals surface area contributed by atoms with Crippen LogP contribution in [0, 0.1) is 0 Å². The summed E-state index contributed by atoms with van der Waals surface area (Å²) in [5.41, 5.74) is 6.17. The van der Waals surface area contributed by atoms with E-state index >= 15 is 0 Å². The minimum atomic E-state index is -3.33. The Balaban J connectivity index is 2.74. The maximum atomic E-state index is 11.3. The third-order valence-electron chi connectivity index (χ3n) is 1.83. The summed E-state index contributed by atoms with van der Waals surface area (Å²) in [5.74, 6) is 0. The first-order valence-corrected chi connectivity index (χ1v) is 4.96. The van der Waals surface area contributed by atoms with Crippen molar-refractivity contribution in [2.45, 2.75) is 11.1 Å².